The van der Waals surface area contributed by atoms with Gasteiger partial charge in [0.2, 0.25) is 0 Å². The molecule has 2 N–H and O–H groups in total. The van der Waals surface area contributed by atoms with Crippen molar-refractivity contribution < 1.29 is 19.1 Å². The molecule has 0 fully saturated rings. The average Bonchev–Trinajstić information content (AvgIpc) is 2.75. The third kappa shape index (κ3) is 3.00. The number of aryl methyl sites for hydroxylation is 1. The molecule has 2 aromatic rings. The van der Waals surface area contributed by atoms with Crippen LogP contribution in [0.1, 0.15) is 28.7 Å². The van der Waals surface area contributed by atoms with Crippen molar-refractivity contribution in [3.05, 3.63) is 53.1 Å². The van der Waals surface area contributed by atoms with Gasteiger partial charge < -0.3 is 15.0 Å². The van der Waals surface area contributed by atoms with Gasteiger partial charge in [0.1, 0.15) is 11.9 Å². The molecule has 116 valence electrons. The van der Waals surface area contributed by atoms with Gasteiger partial charge in [0.25, 0.3) is 5.91 Å². The summed E-state index contributed by atoms with van der Waals surface area (Å²) in [4.78, 5) is 23.0. The minimum Gasteiger partial charge on any atom is -0.480 e. The summed E-state index contributed by atoms with van der Waals surface area (Å²) in [5.74, 6) is -1.88. The third-order valence-corrected chi connectivity index (χ3v) is 3.48. The molecule has 6 heteroatoms. The average molecular weight is 304 g/mol. The van der Waals surface area contributed by atoms with Crippen LogP contribution in [0.4, 0.5) is 4.39 Å². The minimum absolute atomic E-state index is 0.334. The van der Waals surface area contributed by atoms with Crippen LogP contribution in [-0.2, 0) is 4.79 Å². The Hall–Kier alpha value is -2.63. The number of carboxylic acids is 1. The first-order valence-electron chi connectivity index (χ1n) is 6.80. The molecule has 22 heavy (non-hydrogen) atoms. The lowest BCUT2D eigenvalue weighted by Crippen LogP contribution is -2.38. The number of halogens is 1. The molecule has 0 saturated heterocycles. The number of rotatable bonds is 4. The molecule has 0 aliphatic heterocycles. The number of amides is 1. The summed E-state index contributed by atoms with van der Waals surface area (Å²) < 4.78 is 14.8. The molecule has 0 saturated carbocycles. The number of benzene rings is 1. The summed E-state index contributed by atoms with van der Waals surface area (Å²) in [6.45, 7) is 4.99. The number of hydrogen-bond donors (Lipinski definition) is 2. The number of carboxylic acid groups (broad SMARTS) is 1. The Kier molecular flexibility index (Phi) is 4.30. The van der Waals surface area contributed by atoms with E-state index in [0.717, 1.165) is 11.4 Å². The highest BCUT2D eigenvalue weighted by Crippen LogP contribution is 2.21. The van der Waals surface area contributed by atoms with Gasteiger partial charge in [0.05, 0.1) is 5.56 Å². The summed E-state index contributed by atoms with van der Waals surface area (Å²) in [5, 5.41) is 11.3. The van der Waals surface area contributed by atoms with E-state index in [4.69, 9.17) is 5.11 Å². The van der Waals surface area contributed by atoms with E-state index in [9.17, 15) is 14.0 Å². The fourth-order valence-electron chi connectivity index (χ4n) is 2.32. The second-order valence-electron chi connectivity index (χ2n) is 5.13. The van der Waals surface area contributed by atoms with E-state index in [1.54, 1.807) is 25.1 Å². The molecule has 0 spiro atoms. The molecular weight excluding hydrogens is 287 g/mol. The molecule has 0 aliphatic rings. The van der Waals surface area contributed by atoms with Crippen LogP contribution < -0.4 is 5.32 Å². The Balaban J connectivity index is 2.37. The standard InChI is InChI=1S/C16H17FN2O3/c1-9-8-14(15(20)18-10(2)16(21)22)11(3)19(9)13-6-4-12(17)5-7-13/h4-8,10H,1-3H3,(H,18,20)(H,21,22)/t10-/m1/s1. The zero-order valence-electron chi connectivity index (χ0n) is 12.6. The number of carbonyl (C=O) groups excluding carboxylic acids is 1. The largest absolute Gasteiger partial charge is 0.480 e. The third-order valence-electron chi connectivity index (χ3n) is 3.48. The number of carbonyl (C=O) groups is 2. The van der Waals surface area contributed by atoms with Crippen LogP contribution in [-0.4, -0.2) is 27.6 Å². The van der Waals surface area contributed by atoms with Crippen molar-refractivity contribution in [2.24, 2.45) is 0 Å². The molecule has 1 amide bonds. The monoisotopic (exact) mass is 304 g/mol. The van der Waals surface area contributed by atoms with Gasteiger partial charge in [-0.1, -0.05) is 0 Å². The van der Waals surface area contributed by atoms with Gasteiger partial charge in [-0.2, -0.15) is 0 Å². The number of nitrogens with one attached hydrogen (secondary N) is 1. The predicted molar refractivity (Wildman–Crippen MR) is 79.8 cm³/mol. The van der Waals surface area contributed by atoms with Crippen molar-refractivity contribution >= 4 is 11.9 Å². The number of nitrogens with zero attached hydrogens (tertiary/aromatic N) is 1. The first kappa shape index (κ1) is 15.8. The second-order valence-corrected chi connectivity index (χ2v) is 5.13. The molecular formula is C16H17FN2O3. The van der Waals surface area contributed by atoms with Gasteiger partial charge in [0, 0.05) is 17.1 Å². The summed E-state index contributed by atoms with van der Waals surface area (Å²) >= 11 is 0. The van der Waals surface area contributed by atoms with Gasteiger partial charge in [0.15, 0.2) is 0 Å². The molecule has 0 aliphatic carbocycles. The van der Waals surface area contributed by atoms with Crippen molar-refractivity contribution in [2.45, 2.75) is 26.8 Å². The molecule has 1 aromatic heterocycles. The molecule has 2 rings (SSSR count). The van der Waals surface area contributed by atoms with Crippen molar-refractivity contribution in [1.82, 2.24) is 9.88 Å². The Labute approximate surface area is 127 Å². The quantitative estimate of drug-likeness (QED) is 0.911. The lowest BCUT2D eigenvalue weighted by molar-refractivity contribution is -0.138. The van der Waals surface area contributed by atoms with E-state index >= 15 is 0 Å². The highest BCUT2D eigenvalue weighted by atomic mass is 19.1. The van der Waals surface area contributed by atoms with Gasteiger partial charge in [-0.15, -0.1) is 0 Å². The summed E-state index contributed by atoms with van der Waals surface area (Å²) in [5.41, 5.74) is 2.60. The maximum atomic E-state index is 13.0. The first-order valence-corrected chi connectivity index (χ1v) is 6.80. The normalized spacial score (nSPS) is 12.0. The smallest absolute Gasteiger partial charge is 0.325 e. The Morgan fingerprint density at radius 1 is 1.23 bits per heavy atom. The van der Waals surface area contributed by atoms with E-state index in [0.29, 0.717) is 11.3 Å². The molecule has 0 bridgehead atoms. The Morgan fingerprint density at radius 2 is 1.82 bits per heavy atom. The molecule has 0 unspecified atom stereocenters. The van der Waals surface area contributed by atoms with Crippen LogP contribution in [0.3, 0.4) is 0 Å². The number of aliphatic carboxylic acids is 1. The lowest BCUT2D eigenvalue weighted by Gasteiger charge is -2.11. The van der Waals surface area contributed by atoms with Crippen molar-refractivity contribution in [3.8, 4) is 5.69 Å². The van der Waals surface area contributed by atoms with Crippen molar-refractivity contribution in [2.75, 3.05) is 0 Å². The van der Waals surface area contributed by atoms with Crippen molar-refractivity contribution in [1.29, 1.82) is 0 Å². The van der Waals surface area contributed by atoms with Crippen LogP contribution in [0.5, 0.6) is 0 Å². The SMILES string of the molecule is Cc1cc(C(=O)N[C@H](C)C(=O)O)c(C)n1-c1ccc(F)cc1. The van der Waals surface area contributed by atoms with Gasteiger partial charge in [-0.3, -0.25) is 9.59 Å². The van der Waals surface area contributed by atoms with E-state index < -0.39 is 17.9 Å². The van der Waals surface area contributed by atoms with Crippen LogP contribution in [0.2, 0.25) is 0 Å². The zero-order valence-corrected chi connectivity index (χ0v) is 12.6. The number of aromatic nitrogens is 1. The maximum absolute atomic E-state index is 13.0. The summed E-state index contributed by atoms with van der Waals surface area (Å²) in [7, 11) is 0. The lowest BCUT2D eigenvalue weighted by atomic mass is 10.2. The fraction of sp³-hybridized carbons (Fsp3) is 0.250. The highest BCUT2D eigenvalue weighted by Gasteiger charge is 2.20. The minimum atomic E-state index is -1.10. The highest BCUT2D eigenvalue weighted by molar-refractivity contribution is 5.98. The van der Waals surface area contributed by atoms with Crippen LogP contribution in [0.15, 0.2) is 30.3 Å². The molecule has 5 nitrogen and oxygen atoms in total. The van der Waals surface area contributed by atoms with E-state index in [2.05, 4.69) is 5.32 Å². The first-order chi connectivity index (χ1) is 10.3. The Morgan fingerprint density at radius 3 is 2.36 bits per heavy atom. The Bertz CT molecular complexity index is 720. The number of hydrogen-bond acceptors (Lipinski definition) is 2. The topological polar surface area (TPSA) is 71.3 Å². The molecule has 1 atom stereocenters. The molecule has 0 radical (unpaired) electrons. The predicted octanol–water partition coefficient (Wildman–Crippen LogP) is 2.44. The van der Waals surface area contributed by atoms with Gasteiger partial charge in [-0.05, 0) is 51.1 Å². The van der Waals surface area contributed by atoms with E-state index in [1.165, 1.54) is 19.1 Å². The van der Waals surface area contributed by atoms with Crippen LogP contribution in [0, 0.1) is 19.7 Å². The fourth-order valence-corrected chi connectivity index (χ4v) is 2.32. The van der Waals surface area contributed by atoms with Crippen molar-refractivity contribution in [3.63, 3.8) is 0 Å². The van der Waals surface area contributed by atoms with Crippen LogP contribution >= 0.6 is 0 Å². The molecule has 1 heterocycles. The van der Waals surface area contributed by atoms with Gasteiger partial charge >= 0.3 is 5.97 Å². The molecule has 1 aromatic carbocycles. The summed E-state index contributed by atoms with van der Waals surface area (Å²) in [6, 6.07) is 6.65. The zero-order chi connectivity index (χ0) is 16.4. The van der Waals surface area contributed by atoms with E-state index in [-0.39, 0.29) is 5.82 Å². The van der Waals surface area contributed by atoms with Crippen LogP contribution in [0.25, 0.3) is 5.69 Å². The maximum Gasteiger partial charge on any atom is 0.325 e. The van der Waals surface area contributed by atoms with E-state index in [1.807, 2.05) is 11.5 Å². The summed E-state index contributed by atoms with van der Waals surface area (Å²) in [6.07, 6.45) is 0. The van der Waals surface area contributed by atoms with Gasteiger partial charge in [-0.25, -0.2) is 4.39 Å². The second kappa shape index (κ2) is 6.01.